The lowest BCUT2D eigenvalue weighted by Gasteiger charge is -2.26. The van der Waals surface area contributed by atoms with Gasteiger partial charge in [0, 0.05) is 18.4 Å². The number of ether oxygens (including phenoxy) is 1. The van der Waals surface area contributed by atoms with E-state index in [1.807, 2.05) is 24.3 Å². The number of carbonyl (C=O) groups excluding carboxylic acids is 2. The first-order chi connectivity index (χ1) is 15.9. The van der Waals surface area contributed by atoms with Gasteiger partial charge in [-0.3, -0.25) is 4.79 Å². The fourth-order valence-electron chi connectivity index (χ4n) is 5.00. The number of rotatable bonds is 8. The van der Waals surface area contributed by atoms with Crippen molar-refractivity contribution in [3.05, 3.63) is 59.7 Å². The molecule has 2 fully saturated rings. The molecule has 2 amide bonds. The van der Waals surface area contributed by atoms with E-state index in [1.165, 1.54) is 11.1 Å². The molecule has 0 radical (unpaired) electrons. The molecule has 2 aromatic carbocycles. The maximum atomic E-state index is 12.5. The highest BCUT2D eigenvalue weighted by molar-refractivity contribution is 5.89. The minimum Gasteiger partial charge on any atom is -0.480 e. The van der Waals surface area contributed by atoms with Crippen LogP contribution in [0.5, 0.6) is 0 Å². The molecule has 7 heteroatoms. The summed E-state index contributed by atoms with van der Waals surface area (Å²) in [6, 6.07) is 16.3. The van der Waals surface area contributed by atoms with Crippen molar-refractivity contribution >= 4 is 18.0 Å². The van der Waals surface area contributed by atoms with Crippen molar-refractivity contribution in [1.82, 2.24) is 10.6 Å². The molecule has 5 rings (SSSR count). The Morgan fingerprint density at radius 1 is 1.03 bits per heavy atom. The number of benzene rings is 2. The second-order valence-corrected chi connectivity index (χ2v) is 9.58. The molecule has 7 nitrogen and oxygen atoms in total. The number of hydrogen-bond donors (Lipinski definition) is 3. The molecular formula is C26H28N2O5. The number of fused-ring (bicyclic) bond motifs is 3. The van der Waals surface area contributed by atoms with Crippen molar-refractivity contribution in [2.45, 2.75) is 37.6 Å². The molecule has 2 aromatic rings. The molecule has 0 aliphatic heterocycles. The van der Waals surface area contributed by atoms with E-state index < -0.39 is 17.6 Å². The number of carboxylic acid groups (broad SMARTS) is 1. The van der Waals surface area contributed by atoms with Crippen LogP contribution in [0.1, 0.15) is 43.2 Å². The number of hydrogen-bond acceptors (Lipinski definition) is 4. The summed E-state index contributed by atoms with van der Waals surface area (Å²) >= 11 is 0. The van der Waals surface area contributed by atoms with Gasteiger partial charge in [0.2, 0.25) is 5.91 Å². The first kappa shape index (κ1) is 21.5. The van der Waals surface area contributed by atoms with Crippen LogP contribution in [0.15, 0.2) is 48.5 Å². The van der Waals surface area contributed by atoms with Crippen LogP contribution in [0.25, 0.3) is 11.1 Å². The summed E-state index contributed by atoms with van der Waals surface area (Å²) in [6.45, 7) is 2.16. The molecule has 0 bridgehead atoms. The number of carboxylic acids is 1. The Morgan fingerprint density at radius 2 is 1.64 bits per heavy atom. The zero-order chi connectivity index (χ0) is 23.2. The van der Waals surface area contributed by atoms with Crippen molar-refractivity contribution in [2.75, 3.05) is 13.2 Å². The van der Waals surface area contributed by atoms with Gasteiger partial charge in [-0.25, -0.2) is 9.59 Å². The molecule has 33 heavy (non-hydrogen) atoms. The summed E-state index contributed by atoms with van der Waals surface area (Å²) in [5.74, 6) is -1.51. The van der Waals surface area contributed by atoms with Crippen LogP contribution >= 0.6 is 0 Å². The van der Waals surface area contributed by atoms with Crippen LogP contribution in [0.3, 0.4) is 0 Å². The zero-order valence-corrected chi connectivity index (χ0v) is 18.5. The fraction of sp³-hybridized carbons (Fsp3) is 0.423. The molecule has 3 N–H and O–H groups in total. The summed E-state index contributed by atoms with van der Waals surface area (Å²) in [6.07, 6.45) is 1.77. The van der Waals surface area contributed by atoms with Crippen LogP contribution in [-0.2, 0) is 14.3 Å². The van der Waals surface area contributed by atoms with Crippen molar-refractivity contribution in [3.8, 4) is 11.1 Å². The van der Waals surface area contributed by atoms with Gasteiger partial charge in [0.05, 0.1) is 0 Å². The Morgan fingerprint density at radius 3 is 2.21 bits per heavy atom. The second kappa shape index (κ2) is 8.21. The van der Waals surface area contributed by atoms with Gasteiger partial charge in [0.1, 0.15) is 12.1 Å². The maximum absolute atomic E-state index is 12.5. The molecule has 3 aliphatic carbocycles. The molecule has 0 aromatic heterocycles. The fourth-order valence-corrected chi connectivity index (χ4v) is 5.00. The Balaban J connectivity index is 1.11. The van der Waals surface area contributed by atoms with Crippen molar-refractivity contribution in [2.24, 2.45) is 17.8 Å². The number of nitrogens with one attached hydrogen (secondary N) is 2. The lowest BCUT2D eigenvalue weighted by atomic mass is 9.95. The van der Waals surface area contributed by atoms with E-state index in [0.29, 0.717) is 13.0 Å². The zero-order valence-electron chi connectivity index (χ0n) is 18.5. The molecule has 0 heterocycles. The first-order valence-corrected chi connectivity index (χ1v) is 11.5. The predicted octanol–water partition coefficient (Wildman–Crippen LogP) is 3.53. The monoisotopic (exact) mass is 448 g/mol. The van der Waals surface area contributed by atoms with Gasteiger partial charge in [-0.1, -0.05) is 48.5 Å². The van der Waals surface area contributed by atoms with Crippen LogP contribution in [0.2, 0.25) is 0 Å². The average Bonchev–Trinajstić information content (AvgIpc) is 3.73. The van der Waals surface area contributed by atoms with Crippen LogP contribution in [-0.4, -0.2) is 41.8 Å². The predicted molar refractivity (Wildman–Crippen MR) is 122 cm³/mol. The number of alkyl carbamates (subject to hydrolysis) is 1. The highest BCUT2D eigenvalue weighted by Gasteiger charge is 2.52. The highest BCUT2D eigenvalue weighted by atomic mass is 16.5. The lowest BCUT2D eigenvalue weighted by Crippen LogP contribution is -2.54. The smallest absolute Gasteiger partial charge is 0.407 e. The van der Waals surface area contributed by atoms with E-state index >= 15 is 0 Å². The quantitative estimate of drug-likeness (QED) is 0.573. The standard InChI is InChI=1S/C26H28N2O5/c1-26(24(30)31,16-10-11-16)28-23(29)21-12-15(21)13-27-25(32)33-14-22-19-8-4-2-6-17(19)18-7-3-5-9-20(18)22/h2-9,15-16,21-22H,10-14H2,1H3,(H,27,32)(H,28,29)(H,30,31). The summed E-state index contributed by atoms with van der Waals surface area (Å²) < 4.78 is 5.54. The van der Waals surface area contributed by atoms with Gasteiger partial charge >= 0.3 is 12.1 Å². The normalized spacial score (nSPS) is 22.5. The Hall–Kier alpha value is -3.35. The molecule has 0 saturated heterocycles. The van der Waals surface area contributed by atoms with Crippen molar-refractivity contribution in [3.63, 3.8) is 0 Å². The number of carbonyl (C=O) groups is 3. The van der Waals surface area contributed by atoms with E-state index in [9.17, 15) is 19.5 Å². The van der Waals surface area contributed by atoms with E-state index in [4.69, 9.17) is 4.74 Å². The second-order valence-electron chi connectivity index (χ2n) is 9.58. The third-order valence-electron chi connectivity index (χ3n) is 7.33. The molecule has 172 valence electrons. The SMILES string of the molecule is CC(NC(=O)C1CC1CNC(=O)OCC1c2ccccc2-c2ccccc21)(C(=O)O)C1CC1. The third kappa shape index (κ3) is 4.08. The topological polar surface area (TPSA) is 105 Å². The lowest BCUT2D eigenvalue weighted by molar-refractivity contribution is -0.148. The van der Waals surface area contributed by atoms with Gasteiger partial charge < -0.3 is 20.5 Å². The number of amides is 2. The minimum atomic E-state index is -1.20. The van der Waals surface area contributed by atoms with Crippen LogP contribution < -0.4 is 10.6 Å². The van der Waals surface area contributed by atoms with Gasteiger partial charge in [-0.15, -0.1) is 0 Å². The molecular weight excluding hydrogens is 420 g/mol. The summed E-state index contributed by atoms with van der Waals surface area (Å²) in [5, 5.41) is 15.0. The summed E-state index contributed by atoms with van der Waals surface area (Å²) in [5.41, 5.74) is 3.46. The Kier molecular flexibility index (Phi) is 5.35. The van der Waals surface area contributed by atoms with Gasteiger partial charge in [-0.2, -0.15) is 0 Å². The van der Waals surface area contributed by atoms with E-state index in [-0.39, 0.29) is 36.2 Å². The Bertz CT molecular complexity index is 1070. The highest BCUT2D eigenvalue weighted by Crippen LogP contribution is 2.45. The average molecular weight is 449 g/mol. The van der Waals surface area contributed by atoms with Crippen molar-refractivity contribution < 1.29 is 24.2 Å². The summed E-state index contributed by atoms with van der Waals surface area (Å²) in [7, 11) is 0. The van der Waals surface area contributed by atoms with E-state index in [1.54, 1.807) is 6.92 Å². The van der Waals surface area contributed by atoms with Crippen molar-refractivity contribution in [1.29, 1.82) is 0 Å². The molecule has 0 spiro atoms. The summed E-state index contributed by atoms with van der Waals surface area (Å²) in [4.78, 5) is 36.5. The molecule has 3 aliphatic rings. The van der Waals surface area contributed by atoms with Gasteiger partial charge in [0.25, 0.3) is 0 Å². The molecule has 3 atom stereocenters. The van der Waals surface area contributed by atoms with Gasteiger partial charge in [0.15, 0.2) is 0 Å². The molecule has 3 unspecified atom stereocenters. The van der Waals surface area contributed by atoms with Gasteiger partial charge in [-0.05, 0) is 60.3 Å². The Labute approximate surface area is 192 Å². The maximum Gasteiger partial charge on any atom is 0.407 e. The van der Waals surface area contributed by atoms with Crippen LogP contribution in [0.4, 0.5) is 4.79 Å². The van der Waals surface area contributed by atoms with E-state index in [2.05, 4.69) is 34.9 Å². The first-order valence-electron chi connectivity index (χ1n) is 11.5. The van der Waals surface area contributed by atoms with Crippen LogP contribution in [0, 0.1) is 17.8 Å². The largest absolute Gasteiger partial charge is 0.480 e. The van der Waals surface area contributed by atoms with E-state index in [0.717, 1.165) is 24.0 Å². The number of aliphatic carboxylic acids is 1. The minimum absolute atomic E-state index is 0.00118. The molecule has 2 saturated carbocycles. The third-order valence-corrected chi connectivity index (χ3v) is 7.33.